The summed E-state index contributed by atoms with van der Waals surface area (Å²) in [6.45, 7) is 1.73. The number of aromatic hydroxyl groups is 1. The summed E-state index contributed by atoms with van der Waals surface area (Å²) in [5.74, 6) is -9.83. The van der Waals surface area contributed by atoms with Crippen molar-refractivity contribution in [2.24, 2.45) is 23.5 Å². The minimum absolute atomic E-state index is 0.105. The smallest absolute Gasteiger partial charge is 0.309 e. The van der Waals surface area contributed by atoms with Crippen LogP contribution < -0.4 is 5.73 Å². The Hall–Kier alpha value is -3.70. The number of fused-ring (bicyclic) bond motifs is 3. The number of ketones is 2. The number of phenols is 1. The number of hydrogen-bond acceptors (Lipinski definition) is 10. The van der Waals surface area contributed by atoms with Gasteiger partial charge >= 0.3 is 5.97 Å². The molecule has 0 spiro atoms. The van der Waals surface area contributed by atoms with E-state index in [-0.39, 0.29) is 11.3 Å². The van der Waals surface area contributed by atoms with E-state index >= 15 is 0 Å². The summed E-state index contributed by atoms with van der Waals surface area (Å²) in [6, 6.07) is 3.21. The van der Waals surface area contributed by atoms with Crippen LogP contribution in [0.1, 0.15) is 54.4 Å². The third kappa shape index (κ3) is 3.63. The Bertz CT molecular complexity index is 1360. The van der Waals surface area contributed by atoms with Gasteiger partial charge in [-0.25, -0.2) is 0 Å². The number of amides is 1. The third-order valence-corrected chi connectivity index (χ3v) is 8.91. The van der Waals surface area contributed by atoms with Crippen LogP contribution in [0.3, 0.4) is 0 Å². The first kappa shape index (κ1) is 26.9. The largest absolute Gasteiger partial charge is 0.510 e. The number of carbonyl (C=O) groups excluding carboxylic acids is 4. The fourth-order valence-corrected chi connectivity index (χ4v) is 7.09. The van der Waals surface area contributed by atoms with E-state index in [0.29, 0.717) is 18.4 Å². The van der Waals surface area contributed by atoms with Gasteiger partial charge in [0.15, 0.2) is 11.4 Å². The molecule has 1 amide bonds. The first-order valence-electron chi connectivity index (χ1n) is 13.0. The van der Waals surface area contributed by atoms with Crippen molar-refractivity contribution in [3.63, 3.8) is 0 Å². The lowest BCUT2D eigenvalue weighted by Gasteiger charge is -2.54. The highest BCUT2D eigenvalue weighted by atomic mass is 16.5. The number of ether oxygens (including phenoxy) is 1. The van der Waals surface area contributed by atoms with Crippen LogP contribution in [-0.2, 0) is 19.1 Å². The Balaban J connectivity index is 1.80. The van der Waals surface area contributed by atoms with Crippen LogP contribution in [-0.4, -0.2) is 80.6 Å². The molecule has 4 aliphatic carbocycles. The maximum absolute atomic E-state index is 13.8. The van der Waals surface area contributed by atoms with E-state index < -0.39 is 87.5 Å². The van der Waals surface area contributed by atoms with Gasteiger partial charge < -0.3 is 30.9 Å². The number of phenolic OH excluding ortho intramolecular Hbond substituents is 1. The van der Waals surface area contributed by atoms with Gasteiger partial charge in [0.2, 0.25) is 5.78 Å². The molecule has 0 radical (unpaired) electrons. The average molecular weight is 541 g/mol. The highest BCUT2D eigenvalue weighted by Crippen LogP contribution is 2.56. The minimum atomic E-state index is -2.94. The Kier molecular flexibility index (Phi) is 6.34. The number of nitrogens with zero attached hydrogens (tertiary/aromatic N) is 1. The maximum Gasteiger partial charge on any atom is 0.309 e. The zero-order valence-corrected chi connectivity index (χ0v) is 21.9. The zero-order valence-electron chi connectivity index (χ0n) is 21.9. The summed E-state index contributed by atoms with van der Waals surface area (Å²) in [7, 11) is 3.04. The van der Waals surface area contributed by atoms with Crippen LogP contribution >= 0.6 is 0 Å². The average Bonchev–Trinajstić information content (AvgIpc) is 3.41. The van der Waals surface area contributed by atoms with Gasteiger partial charge in [-0.05, 0) is 44.5 Å². The number of aliphatic hydroxyl groups excluding tert-OH is 2. The van der Waals surface area contributed by atoms with E-state index in [0.717, 1.165) is 12.8 Å². The maximum atomic E-state index is 13.8. The van der Waals surface area contributed by atoms with Gasteiger partial charge in [0.25, 0.3) is 5.91 Å². The normalized spacial score (nSPS) is 32.7. The van der Waals surface area contributed by atoms with Crippen molar-refractivity contribution in [3.8, 4) is 5.75 Å². The number of hydrogen-bond donors (Lipinski definition) is 5. The zero-order chi connectivity index (χ0) is 28.5. The van der Waals surface area contributed by atoms with Crippen LogP contribution in [0.4, 0.5) is 0 Å². The van der Waals surface area contributed by atoms with Crippen LogP contribution in [0.2, 0.25) is 0 Å². The number of benzene rings is 1. The second kappa shape index (κ2) is 9.20. The molecule has 6 atom stereocenters. The lowest BCUT2D eigenvalue weighted by Crippen LogP contribution is -2.69. The van der Waals surface area contributed by atoms with Crippen LogP contribution in [0, 0.1) is 17.8 Å². The molecule has 1 aromatic rings. The molecule has 6 N–H and O–H groups in total. The number of carbonyl (C=O) groups is 4. The number of likely N-dealkylation sites (N-methyl/N-ethyl adjacent to an activating group) is 1. The van der Waals surface area contributed by atoms with E-state index in [1.807, 2.05) is 0 Å². The predicted molar refractivity (Wildman–Crippen MR) is 136 cm³/mol. The molecule has 4 aliphatic rings. The molecule has 1 aromatic carbocycles. The van der Waals surface area contributed by atoms with Gasteiger partial charge in [0.05, 0.1) is 23.4 Å². The molecule has 0 bridgehead atoms. The van der Waals surface area contributed by atoms with Crippen molar-refractivity contribution < 1.29 is 44.3 Å². The summed E-state index contributed by atoms with van der Waals surface area (Å²) in [5, 5.41) is 45.3. The first-order valence-corrected chi connectivity index (χ1v) is 13.0. The highest BCUT2D eigenvalue weighted by molar-refractivity contribution is 6.25. The van der Waals surface area contributed by atoms with Crippen molar-refractivity contribution >= 4 is 23.4 Å². The molecule has 6 unspecified atom stereocenters. The van der Waals surface area contributed by atoms with Crippen molar-refractivity contribution in [1.29, 1.82) is 0 Å². The minimum Gasteiger partial charge on any atom is -0.510 e. The van der Waals surface area contributed by atoms with E-state index in [4.69, 9.17) is 10.5 Å². The van der Waals surface area contributed by atoms with Gasteiger partial charge in [-0.3, -0.25) is 24.1 Å². The lowest BCUT2D eigenvalue weighted by molar-refractivity contribution is -0.183. The van der Waals surface area contributed by atoms with Gasteiger partial charge in [-0.2, -0.15) is 0 Å². The summed E-state index contributed by atoms with van der Waals surface area (Å²) >= 11 is 0. The SMILES string of the molecule is CC1c2cccc(O)c2C(=O)C2=C(O)C3(O)C(=O)C(C(N)=O)=C(O)C(N(C)C)C3C(OC(=O)C3CCCC3)C21. The molecule has 0 aliphatic heterocycles. The van der Waals surface area contributed by atoms with Crippen molar-refractivity contribution in [3.05, 3.63) is 52.0 Å². The fraction of sp³-hybridized carbons (Fsp3) is 0.500. The highest BCUT2D eigenvalue weighted by Gasteiger charge is 2.68. The number of nitrogens with two attached hydrogens (primary N) is 1. The van der Waals surface area contributed by atoms with Crippen molar-refractivity contribution in [2.75, 3.05) is 14.1 Å². The monoisotopic (exact) mass is 540 g/mol. The van der Waals surface area contributed by atoms with E-state index in [1.54, 1.807) is 19.1 Å². The van der Waals surface area contributed by atoms with Gasteiger partial charge in [0.1, 0.15) is 28.9 Å². The first-order chi connectivity index (χ1) is 18.3. The van der Waals surface area contributed by atoms with Crippen LogP contribution in [0.5, 0.6) is 5.75 Å². The van der Waals surface area contributed by atoms with Crippen LogP contribution in [0.15, 0.2) is 40.9 Å². The number of aliphatic hydroxyl groups is 3. The number of Topliss-reactive ketones (excluding diaryl/α,β-unsaturated/α-hetero) is 2. The molecular weight excluding hydrogens is 508 g/mol. The molecular formula is C28H32N2O9. The van der Waals surface area contributed by atoms with E-state index in [9.17, 15) is 39.6 Å². The quantitative estimate of drug-likeness (QED) is 0.276. The molecule has 39 heavy (non-hydrogen) atoms. The van der Waals surface area contributed by atoms with E-state index in [2.05, 4.69) is 0 Å². The topological polar surface area (TPSA) is 188 Å². The third-order valence-electron chi connectivity index (χ3n) is 8.91. The molecule has 1 fully saturated rings. The summed E-state index contributed by atoms with van der Waals surface area (Å²) in [4.78, 5) is 54.6. The fourth-order valence-electron chi connectivity index (χ4n) is 7.09. The van der Waals surface area contributed by atoms with Crippen molar-refractivity contribution in [1.82, 2.24) is 4.90 Å². The van der Waals surface area contributed by atoms with E-state index in [1.165, 1.54) is 25.1 Å². The Labute approximate surface area is 224 Å². The Morgan fingerprint density at radius 2 is 1.74 bits per heavy atom. The van der Waals surface area contributed by atoms with Gasteiger partial charge in [0, 0.05) is 11.5 Å². The van der Waals surface area contributed by atoms with Crippen molar-refractivity contribution in [2.45, 2.75) is 56.3 Å². The van der Waals surface area contributed by atoms with Crippen LogP contribution in [0.25, 0.3) is 0 Å². The van der Waals surface area contributed by atoms with Gasteiger partial charge in [-0.15, -0.1) is 0 Å². The summed E-state index contributed by atoms with van der Waals surface area (Å²) in [6.07, 6.45) is 1.48. The number of esters is 1. The molecule has 11 nitrogen and oxygen atoms in total. The molecule has 11 heteroatoms. The number of rotatable bonds is 4. The number of primary amides is 1. The second-order valence-electron chi connectivity index (χ2n) is 11.2. The molecule has 5 rings (SSSR count). The Morgan fingerprint density at radius 3 is 2.33 bits per heavy atom. The lowest BCUT2D eigenvalue weighted by atomic mass is 9.55. The standard InChI is InChI=1S/C28H32N2O9/c1-11-13-9-6-10-14(31)16(13)21(32)17-15(11)23(39-27(37)12-7-4-5-8-12)19-20(30(2)3)22(33)18(26(29)36)25(35)28(19,38)24(17)34/h6,9-12,15,19-20,23,31,33-34,38H,4-5,7-8H2,1-3H3,(H2,29,36). The molecule has 0 heterocycles. The molecule has 0 saturated heterocycles. The second-order valence-corrected chi connectivity index (χ2v) is 11.2. The summed E-state index contributed by atoms with van der Waals surface area (Å²) in [5.41, 5.74) is 1.50. The molecule has 208 valence electrons. The molecule has 1 saturated carbocycles. The van der Waals surface area contributed by atoms with Gasteiger partial charge in [-0.1, -0.05) is 31.9 Å². The predicted octanol–water partition coefficient (Wildman–Crippen LogP) is 1.39. The summed E-state index contributed by atoms with van der Waals surface area (Å²) < 4.78 is 6.08. The molecule has 0 aromatic heterocycles. The Morgan fingerprint density at radius 1 is 1.10 bits per heavy atom.